The lowest BCUT2D eigenvalue weighted by Crippen LogP contribution is -2.33. The Labute approximate surface area is 121 Å². The van der Waals surface area contributed by atoms with Crippen molar-refractivity contribution in [3.63, 3.8) is 0 Å². The molecule has 1 heterocycles. The molecule has 0 saturated carbocycles. The molecular weight excluding hydrogens is 250 g/mol. The van der Waals surface area contributed by atoms with E-state index in [9.17, 15) is 4.79 Å². The summed E-state index contributed by atoms with van der Waals surface area (Å²) in [5.74, 6) is 0.177. The topological polar surface area (TPSA) is 49.6 Å². The predicted molar refractivity (Wildman–Crippen MR) is 82.7 cm³/mol. The number of carbonyl (C=O) groups excluding carboxylic acids is 1. The van der Waals surface area contributed by atoms with Crippen molar-refractivity contribution in [1.82, 2.24) is 4.90 Å². The quantitative estimate of drug-likeness (QED) is 0.919. The fourth-order valence-electron chi connectivity index (χ4n) is 2.66. The molecule has 2 rings (SSSR count). The fourth-order valence-corrected chi connectivity index (χ4v) is 2.66. The van der Waals surface area contributed by atoms with Gasteiger partial charge in [0.25, 0.3) is 0 Å². The Balaban J connectivity index is 2.02. The first-order chi connectivity index (χ1) is 9.61. The number of rotatable bonds is 3. The number of hydrogen-bond acceptors (Lipinski definition) is 3. The Hall–Kier alpha value is -1.55. The van der Waals surface area contributed by atoms with E-state index in [2.05, 4.69) is 36.1 Å². The maximum absolute atomic E-state index is 11.4. The van der Waals surface area contributed by atoms with Crippen LogP contribution in [0.1, 0.15) is 38.3 Å². The standard InChI is InChI=1S/C16H25N3O/c1-3-16(17)14-5-7-15(8-6-14)19-10-4-9-18(11-12-19)13(2)20/h5-8,16H,3-4,9-12,17H2,1-2H3/t16-/m0/s1. The van der Waals surface area contributed by atoms with E-state index < -0.39 is 0 Å². The van der Waals surface area contributed by atoms with E-state index in [1.165, 1.54) is 11.3 Å². The lowest BCUT2D eigenvalue weighted by Gasteiger charge is -2.24. The van der Waals surface area contributed by atoms with Gasteiger partial charge in [-0.05, 0) is 30.5 Å². The van der Waals surface area contributed by atoms with Crippen molar-refractivity contribution in [2.24, 2.45) is 5.73 Å². The van der Waals surface area contributed by atoms with Crippen molar-refractivity contribution in [2.45, 2.75) is 32.7 Å². The van der Waals surface area contributed by atoms with E-state index in [-0.39, 0.29) is 11.9 Å². The zero-order valence-electron chi connectivity index (χ0n) is 12.5. The molecule has 1 aliphatic heterocycles. The van der Waals surface area contributed by atoms with Crippen molar-refractivity contribution in [3.05, 3.63) is 29.8 Å². The van der Waals surface area contributed by atoms with Gasteiger partial charge >= 0.3 is 0 Å². The van der Waals surface area contributed by atoms with E-state index in [0.717, 1.165) is 39.0 Å². The highest BCUT2D eigenvalue weighted by Crippen LogP contribution is 2.21. The highest BCUT2D eigenvalue weighted by atomic mass is 16.2. The number of amides is 1. The van der Waals surface area contributed by atoms with Crippen LogP contribution in [-0.2, 0) is 4.79 Å². The van der Waals surface area contributed by atoms with Crippen molar-refractivity contribution >= 4 is 11.6 Å². The Morgan fingerprint density at radius 2 is 1.90 bits per heavy atom. The summed E-state index contributed by atoms with van der Waals surface area (Å²) in [4.78, 5) is 15.7. The van der Waals surface area contributed by atoms with E-state index in [0.29, 0.717) is 0 Å². The first kappa shape index (κ1) is 14.9. The van der Waals surface area contributed by atoms with Gasteiger partial charge in [-0.25, -0.2) is 0 Å². The van der Waals surface area contributed by atoms with Crippen LogP contribution in [0, 0.1) is 0 Å². The highest BCUT2D eigenvalue weighted by molar-refractivity contribution is 5.73. The fraction of sp³-hybridized carbons (Fsp3) is 0.562. The lowest BCUT2D eigenvalue weighted by molar-refractivity contribution is -0.128. The van der Waals surface area contributed by atoms with Crippen LogP contribution in [-0.4, -0.2) is 37.0 Å². The van der Waals surface area contributed by atoms with E-state index >= 15 is 0 Å². The van der Waals surface area contributed by atoms with Crippen LogP contribution in [0.2, 0.25) is 0 Å². The number of anilines is 1. The summed E-state index contributed by atoms with van der Waals surface area (Å²) in [7, 11) is 0. The summed E-state index contributed by atoms with van der Waals surface area (Å²) in [5, 5.41) is 0. The van der Waals surface area contributed by atoms with Crippen LogP contribution in [0.3, 0.4) is 0 Å². The molecule has 4 nitrogen and oxygen atoms in total. The van der Waals surface area contributed by atoms with Gasteiger partial charge in [0.1, 0.15) is 0 Å². The number of nitrogens with zero attached hydrogens (tertiary/aromatic N) is 2. The average Bonchev–Trinajstić information content (AvgIpc) is 2.72. The third-order valence-electron chi connectivity index (χ3n) is 4.07. The molecule has 20 heavy (non-hydrogen) atoms. The molecule has 1 aromatic carbocycles. The molecule has 1 amide bonds. The summed E-state index contributed by atoms with van der Waals surface area (Å²) in [6.07, 6.45) is 1.98. The number of nitrogens with two attached hydrogens (primary N) is 1. The molecule has 0 radical (unpaired) electrons. The Morgan fingerprint density at radius 1 is 1.20 bits per heavy atom. The molecule has 0 unspecified atom stereocenters. The van der Waals surface area contributed by atoms with Crippen molar-refractivity contribution in [3.8, 4) is 0 Å². The van der Waals surface area contributed by atoms with Crippen LogP contribution in [0.4, 0.5) is 5.69 Å². The van der Waals surface area contributed by atoms with Gasteiger partial charge in [0.2, 0.25) is 5.91 Å². The van der Waals surface area contributed by atoms with Crippen LogP contribution in [0.15, 0.2) is 24.3 Å². The van der Waals surface area contributed by atoms with Gasteiger partial charge in [0.05, 0.1) is 0 Å². The van der Waals surface area contributed by atoms with Crippen LogP contribution in [0.5, 0.6) is 0 Å². The maximum atomic E-state index is 11.4. The Morgan fingerprint density at radius 3 is 2.50 bits per heavy atom. The lowest BCUT2D eigenvalue weighted by atomic mass is 10.1. The minimum Gasteiger partial charge on any atom is -0.370 e. The van der Waals surface area contributed by atoms with Gasteiger partial charge in [-0.1, -0.05) is 19.1 Å². The third kappa shape index (κ3) is 3.51. The van der Waals surface area contributed by atoms with Gasteiger partial charge in [-0.3, -0.25) is 4.79 Å². The van der Waals surface area contributed by atoms with Gasteiger partial charge in [0.15, 0.2) is 0 Å². The molecule has 1 aliphatic rings. The summed E-state index contributed by atoms with van der Waals surface area (Å²) in [6.45, 7) is 7.33. The second-order valence-electron chi connectivity index (χ2n) is 5.45. The largest absolute Gasteiger partial charge is 0.370 e. The molecule has 0 aromatic heterocycles. The van der Waals surface area contributed by atoms with Crippen LogP contribution in [0.25, 0.3) is 0 Å². The Bertz CT molecular complexity index is 444. The number of carbonyl (C=O) groups is 1. The molecule has 0 aliphatic carbocycles. The summed E-state index contributed by atoms with van der Waals surface area (Å²) >= 11 is 0. The first-order valence-electron chi connectivity index (χ1n) is 7.47. The first-order valence-corrected chi connectivity index (χ1v) is 7.47. The van der Waals surface area contributed by atoms with E-state index in [4.69, 9.17) is 5.73 Å². The summed E-state index contributed by atoms with van der Waals surface area (Å²) < 4.78 is 0. The maximum Gasteiger partial charge on any atom is 0.219 e. The second kappa shape index (κ2) is 6.75. The molecule has 0 bridgehead atoms. The zero-order valence-corrected chi connectivity index (χ0v) is 12.5. The van der Waals surface area contributed by atoms with E-state index in [1.54, 1.807) is 6.92 Å². The van der Waals surface area contributed by atoms with Gasteiger partial charge in [-0.15, -0.1) is 0 Å². The van der Waals surface area contributed by atoms with Gasteiger partial charge in [-0.2, -0.15) is 0 Å². The van der Waals surface area contributed by atoms with Crippen molar-refractivity contribution in [1.29, 1.82) is 0 Å². The molecule has 1 saturated heterocycles. The average molecular weight is 275 g/mol. The second-order valence-corrected chi connectivity index (χ2v) is 5.45. The van der Waals surface area contributed by atoms with Gasteiger partial charge in [0, 0.05) is 44.8 Å². The molecule has 1 aromatic rings. The predicted octanol–water partition coefficient (Wildman–Crippen LogP) is 2.16. The normalized spacial score (nSPS) is 17.8. The molecule has 0 spiro atoms. The SMILES string of the molecule is CC[C@H](N)c1ccc(N2CCCN(C(C)=O)CC2)cc1. The molecular formula is C16H25N3O. The van der Waals surface area contributed by atoms with Gasteiger partial charge < -0.3 is 15.5 Å². The summed E-state index contributed by atoms with van der Waals surface area (Å²) in [5.41, 5.74) is 8.46. The highest BCUT2D eigenvalue weighted by Gasteiger charge is 2.16. The van der Waals surface area contributed by atoms with Crippen LogP contribution < -0.4 is 10.6 Å². The number of benzene rings is 1. The van der Waals surface area contributed by atoms with Crippen molar-refractivity contribution in [2.75, 3.05) is 31.1 Å². The molecule has 110 valence electrons. The molecule has 1 atom stereocenters. The zero-order chi connectivity index (χ0) is 14.5. The van der Waals surface area contributed by atoms with E-state index in [1.807, 2.05) is 4.90 Å². The monoisotopic (exact) mass is 275 g/mol. The van der Waals surface area contributed by atoms with Crippen molar-refractivity contribution < 1.29 is 4.79 Å². The smallest absolute Gasteiger partial charge is 0.219 e. The third-order valence-corrected chi connectivity index (χ3v) is 4.07. The van der Waals surface area contributed by atoms with Crippen LogP contribution >= 0.6 is 0 Å². The molecule has 1 fully saturated rings. The molecule has 2 N–H and O–H groups in total. The minimum absolute atomic E-state index is 0.126. The Kier molecular flexibility index (Phi) is 5.01. The minimum atomic E-state index is 0.126. The number of hydrogen-bond donors (Lipinski definition) is 1. The summed E-state index contributed by atoms with van der Waals surface area (Å²) in [6, 6.07) is 8.66. The molecule has 4 heteroatoms.